The first-order valence-corrected chi connectivity index (χ1v) is 8.89. The summed E-state index contributed by atoms with van der Waals surface area (Å²) in [6.07, 6.45) is 4.03. The van der Waals surface area contributed by atoms with Crippen molar-refractivity contribution < 1.29 is 9.59 Å². The van der Waals surface area contributed by atoms with E-state index in [1.54, 1.807) is 11.9 Å². The predicted octanol–water partition coefficient (Wildman–Crippen LogP) is 2.23. The van der Waals surface area contributed by atoms with Gasteiger partial charge in [-0.1, -0.05) is 50.1 Å². The molecule has 0 saturated carbocycles. The van der Waals surface area contributed by atoms with Crippen LogP contribution in [0.4, 0.5) is 0 Å². The average Bonchev–Trinajstić information content (AvgIpc) is 2.61. The van der Waals surface area contributed by atoms with E-state index in [2.05, 4.69) is 12.2 Å². The largest absolute Gasteiger partial charge is 0.352 e. The number of nitrogens with one attached hydrogen (secondary N) is 1. The van der Waals surface area contributed by atoms with Crippen LogP contribution in [0.2, 0.25) is 0 Å². The van der Waals surface area contributed by atoms with Gasteiger partial charge in [-0.2, -0.15) is 0 Å². The quantitative estimate of drug-likeness (QED) is 0.804. The summed E-state index contributed by atoms with van der Waals surface area (Å²) in [6.45, 7) is 2.58. The van der Waals surface area contributed by atoms with E-state index in [0.29, 0.717) is 19.4 Å². The Balaban J connectivity index is 2.16. The van der Waals surface area contributed by atoms with Crippen molar-refractivity contribution in [3.63, 3.8) is 0 Å². The van der Waals surface area contributed by atoms with E-state index in [1.807, 2.05) is 30.3 Å². The predicted molar refractivity (Wildman–Crippen MR) is 95.2 cm³/mol. The van der Waals surface area contributed by atoms with Crippen LogP contribution < -0.4 is 11.1 Å². The van der Waals surface area contributed by atoms with Gasteiger partial charge in [-0.25, -0.2) is 0 Å². The molecule has 2 rings (SSSR count). The maximum absolute atomic E-state index is 12.9. The molecule has 1 heterocycles. The number of hydrogen-bond acceptors (Lipinski definition) is 3. The molecule has 1 aliphatic rings. The fourth-order valence-electron chi connectivity index (χ4n) is 3.43. The number of hydrogen-bond donors (Lipinski definition) is 2. The van der Waals surface area contributed by atoms with Gasteiger partial charge in [-0.05, 0) is 18.4 Å². The molecule has 0 aliphatic carbocycles. The Morgan fingerprint density at radius 2 is 2.08 bits per heavy atom. The van der Waals surface area contributed by atoms with Crippen LogP contribution in [0.3, 0.4) is 0 Å². The van der Waals surface area contributed by atoms with E-state index in [0.717, 1.165) is 24.8 Å². The lowest BCUT2D eigenvalue weighted by Crippen LogP contribution is -2.49. The first-order valence-electron chi connectivity index (χ1n) is 8.89. The lowest BCUT2D eigenvalue weighted by Gasteiger charge is -2.39. The number of likely N-dealkylation sites (tertiary alicyclic amines) is 1. The number of carbonyl (C=O) groups excluding carboxylic acids is 2. The highest BCUT2D eigenvalue weighted by atomic mass is 16.2. The molecular formula is C19H29N3O2. The van der Waals surface area contributed by atoms with Gasteiger partial charge in [-0.15, -0.1) is 0 Å². The molecule has 0 radical (unpaired) electrons. The summed E-state index contributed by atoms with van der Waals surface area (Å²) in [7, 11) is 1.79. The van der Waals surface area contributed by atoms with Gasteiger partial charge < -0.3 is 16.0 Å². The Morgan fingerprint density at radius 1 is 1.38 bits per heavy atom. The number of rotatable bonds is 7. The Morgan fingerprint density at radius 3 is 2.71 bits per heavy atom. The lowest BCUT2D eigenvalue weighted by molar-refractivity contribution is -0.141. The first kappa shape index (κ1) is 18.5. The molecule has 3 N–H and O–H groups in total. The van der Waals surface area contributed by atoms with E-state index in [-0.39, 0.29) is 29.8 Å². The van der Waals surface area contributed by atoms with Crippen molar-refractivity contribution in [3.8, 4) is 0 Å². The van der Waals surface area contributed by atoms with Gasteiger partial charge in [0, 0.05) is 26.1 Å². The second kappa shape index (κ2) is 8.83. The lowest BCUT2D eigenvalue weighted by atomic mass is 9.83. The summed E-state index contributed by atoms with van der Waals surface area (Å²) in [6, 6.07) is 9.60. The van der Waals surface area contributed by atoms with Gasteiger partial charge in [0.2, 0.25) is 11.8 Å². The standard InChI is InChI=1S/C19H29N3O2/c1-3-4-10-15(13-20)21-19(24)16-11-12-17(23)22(2)18(16)14-8-6-5-7-9-14/h5-9,15-16,18H,3-4,10-13,20H2,1-2H3,(H,21,24). The van der Waals surface area contributed by atoms with E-state index in [1.165, 1.54) is 0 Å². The second-order valence-electron chi connectivity index (χ2n) is 6.59. The van der Waals surface area contributed by atoms with Crippen molar-refractivity contribution in [2.24, 2.45) is 11.7 Å². The zero-order valence-electron chi connectivity index (χ0n) is 14.7. The van der Waals surface area contributed by atoms with Crippen molar-refractivity contribution in [2.75, 3.05) is 13.6 Å². The van der Waals surface area contributed by atoms with Gasteiger partial charge in [0.1, 0.15) is 0 Å². The third-order valence-electron chi connectivity index (χ3n) is 4.88. The number of benzene rings is 1. The fraction of sp³-hybridized carbons (Fsp3) is 0.579. The number of unbranched alkanes of at least 4 members (excludes halogenated alkanes) is 1. The summed E-state index contributed by atoms with van der Waals surface area (Å²) in [5, 5.41) is 3.10. The summed E-state index contributed by atoms with van der Waals surface area (Å²) in [5.41, 5.74) is 6.81. The van der Waals surface area contributed by atoms with Gasteiger partial charge in [0.25, 0.3) is 0 Å². The van der Waals surface area contributed by atoms with E-state index in [4.69, 9.17) is 5.73 Å². The van der Waals surface area contributed by atoms with Crippen LogP contribution in [0.5, 0.6) is 0 Å². The molecule has 1 saturated heterocycles. The fourth-order valence-corrected chi connectivity index (χ4v) is 3.43. The molecule has 1 fully saturated rings. The zero-order valence-corrected chi connectivity index (χ0v) is 14.7. The molecule has 3 atom stereocenters. The Labute approximate surface area is 144 Å². The highest BCUT2D eigenvalue weighted by Gasteiger charge is 2.39. The van der Waals surface area contributed by atoms with Crippen LogP contribution in [-0.4, -0.2) is 36.3 Å². The minimum absolute atomic E-state index is 0.00903. The van der Waals surface area contributed by atoms with Crippen LogP contribution in [0.1, 0.15) is 50.6 Å². The molecule has 5 nitrogen and oxygen atoms in total. The highest BCUT2D eigenvalue weighted by molar-refractivity contribution is 5.85. The molecule has 3 unspecified atom stereocenters. The van der Waals surface area contributed by atoms with Crippen LogP contribution >= 0.6 is 0 Å². The van der Waals surface area contributed by atoms with Crippen molar-refractivity contribution in [1.82, 2.24) is 10.2 Å². The number of amides is 2. The molecule has 5 heteroatoms. The summed E-state index contributed by atoms with van der Waals surface area (Å²) < 4.78 is 0. The summed E-state index contributed by atoms with van der Waals surface area (Å²) in [5.74, 6) is -0.130. The van der Waals surface area contributed by atoms with Crippen molar-refractivity contribution in [3.05, 3.63) is 35.9 Å². The zero-order chi connectivity index (χ0) is 17.5. The number of carbonyl (C=O) groups is 2. The smallest absolute Gasteiger partial charge is 0.225 e. The first-order chi connectivity index (χ1) is 11.6. The minimum Gasteiger partial charge on any atom is -0.352 e. The van der Waals surface area contributed by atoms with E-state index in [9.17, 15) is 9.59 Å². The van der Waals surface area contributed by atoms with Gasteiger partial charge in [0.05, 0.1) is 12.0 Å². The molecule has 1 aromatic rings. The van der Waals surface area contributed by atoms with Crippen molar-refractivity contribution >= 4 is 11.8 Å². The van der Waals surface area contributed by atoms with Gasteiger partial charge in [-0.3, -0.25) is 9.59 Å². The van der Waals surface area contributed by atoms with Gasteiger partial charge >= 0.3 is 0 Å². The third-order valence-corrected chi connectivity index (χ3v) is 4.88. The number of nitrogens with zero attached hydrogens (tertiary/aromatic N) is 1. The molecule has 1 aliphatic heterocycles. The Kier molecular flexibility index (Phi) is 6.79. The molecular weight excluding hydrogens is 302 g/mol. The third kappa shape index (κ3) is 4.35. The monoisotopic (exact) mass is 331 g/mol. The molecule has 132 valence electrons. The Hall–Kier alpha value is -1.88. The number of nitrogens with two attached hydrogens (primary N) is 1. The highest BCUT2D eigenvalue weighted by Crippen LogP contribution is 2.35. The topological polar surface area (TPSA) is 75.4 Å². The molecule has 24 heavy (non-hydrogen) atoms. The van der Waals surface area contributed by atoms with Crippen LogP contribution in [0, 0.1) is 5.92 Å². The normalized spacial score (nSPS) is 22.3. The van der Waals surface area contributed by atoms with Crippen LogP contribution in [0.25, 0.3) is 0 Å². The molecule has 0 aromatic heterocycles. The summed E-state index contributed by atoms with van der Waals surface area (Å²) >= 11 is 0. The summed E-state index contributed by atoms with van der Waals surface area (Å²) in [4.78, 5) is 26.7. The molecule has 0 bridgehead atoms. The van der Waals surface area contributed by atoms with E-state index >= 15 is 0 Å². The van der Waals surface area contributed by atoms with E-state index < -0.39 is 0 Å². The average molecular weight is 331 g/mol. The van der Waals surface area contributed by atoms with Crippen LogP contribution in [-0.2, 0) is 9.59 Å². The van der Waals surface area contributed by atoms with Crippen molar-refractivity contribution in [2.45, 2.75) is 51.1 Å². The molecule has 0 spiro atoms. The van der Waals surface area contributed by atoms with Gasteiger partial charge in [0.15, 0.2) is 0 Å². The maximum atomic E-state index is 12.9. The Bertz CT molecular complexity index is 547. The second-order valence-corrected chi connectivity index (χ2v) is 6.59. The number of piperidine rings is 1. The maximum Gasteiger partial charge on any atom is 0.225 e. The molecule has 2 amide bonds. The van der Waals surface area contributed by atoms with Crippen molar-refractivity contribution in [1.29, 1.82) is 0 Å². The van der Waals surface area contributed by atoms with Crippen LogP contribution in [0.15, 0.2) is 30.3 Å². The SMILES string of the molecule is CCCCC(CN)NC(=O)C1CCC(=O)N(C)C1c1ccccc1. The minimum atomic E-state index is -0.231. The molecule has 1 aromatic carbocycles.